The topological polar surface area (TPSA) is 84.9 Å². The molecule has 0 aromatic heterocycles. The van der Waals surface area contributed by atoms with Gasteiger partial charge in [-0.05, 0) is 26.2 Å². The van der Waals surface area contributed by atoms with Crippen LogP contribution in [-0.4, -0.2) is 50.0 Å². The van der Waals surface area contributed by atoms with Crippen LogP contribution in [0.5, 0.6) is 0 Å². The van der Waals surface area contributed by atoms with E-state index in [0.717, 1.165) is 19.3 Å². The van der Waals surface area contributed by atoms with E-state index < -0.39 is 17.4 Å². The number of aliphatic carboxylic acids is 1. The number of carboxylic acid groups (broad SMARTS) is 1. The van der Waals surface area contributed by atoms with Crippen molar-refractivity contribution < 1.29 is 24.2 Å². The molecule has 1 amide bonds. The van der Waals surface area contributed by atoms with Crippen LogP contribution in [0.25, 0.3) is 0 Å². The van der Waals surface area contributed by atoms with Crippen molar-refractivity contribution in [1.82, 2.24) is 5.32 Å². The first-order valence-corrected chi connectivity index (χ1v) is 7.16. The Bertz CT molecular complexity index is 328. The number of carbonyl (C=O) groups excluding carboxylic acids is 1. The van der Waals surface area contributed by atoms with Crippen LogP contribution in [0.4, 0.5) is 0 Å². The van der Waals surface area contributed by atoms with Gasteiger partial charge in [-0.1, -0.05) is 6.42 Å². The summed E-state index contributed by atoms with van der Waals surface area (Å²) in [6.07, 6.45) is 3.56. The van der Waals surface area contributed by atoms with Crippen LogP contribution in [-0.2, 0) is 19.1 Å². The maximum atomic E-state index is 12.3. The Morgan fingerprint density at radius 2 is 2.05 bits per heavy atom. The van der Waals surface area contributed by atoms with Crippen molar-refractivity contribution in [3.63, 3.8) is 0 Å². The molecule has 1 saturated carbocycles. The molecule has 6 heteroatoms. The Labute approximate surface area is 119 Å². The average molecular weight is 287 g/mol. The first kappa shape index (κ1) is 16.9. The van der Waals surface area contributed by atoms with E-state index in [9.17, 15) is 9.59 Å². The van der Waals surface area contributed by atoms with Crippen molar-refractivity contribution >= 4 is 11.9 Å². The summed E-state index contributed by atoms with van der Waals surface area (Å²) in [6.45, 7) is 3.39. The number of methoxy groups -OCH3 is 1. The lowest BCUT2D eigenvalue weighted by Gasteiger charge is -2.40. The van der Waals surface area contributed by atoms with Crippen LogP contribution in [0.3, 0.4) is 0 Å². The summed E-state index contributed by atoms with van der Waals surface area (Å²) >= 11 is 0. The van der Waals surface area contributed by atoms with Crippen molar-refractivity contribution in [3.05, 3.63) is 0 Å². The predicted octanol–water partition coefficient (Wildman–Crippen LogP) is 1.19. The fraction of sp³-hybridized carbons (Fsp3) is 0.857. The molecule has 0 radical (unpaired) electrons. The Morgan fingerprint density at radius 3 is 2.50 bits per heavy atom. The van der Waals surface area contributed by atoms with E-state index in [1.165, 1.54) is 7.11 Å². The molecular weight excluding hydrogens is 262 g/mol. The fourth-order valence-electron chi connectivity index (χ4n) is 2.41. The molecule has 0 heterocycles. The van der Waals surface area contributed by atoms with Gasteiger partial charge in [-0.15, -0.1) is 0 Å². The highest BCUT2D eigenvalue weighted by Gasteiger charge is 2.44. The Kier molecular flexibility index (Phi) is 6.95. The van der Waals surface area contributed by atoms with Gasteiger partial charge in [0, 0.05) is 33.4 Å². The van der Waals surface area contributed by atoms with Crippen molar-refractivity contribution in [2.75, 3.05) is 26.9 Å². The molecule has 6 nitrogen and oxygen atoms in total. The summed E-state index contributed by atoms with van der Waals surface area (Å²) in [5.74, 6) is -1.18. The molecule has 1 aliphatic rings. The smallest absolute Gasteiger partial charge is 0.326 e. The van der Waals surface area contributed by atoms with Gasteiger partial charge in [0.25, 0.3) is 0 Å². The summed E-state index contributed by atoms with van der Waals surface area (Å²) in [6, 6.07) is -0.882. The van der Waals surface area contributed by atoms with Crippen molar-refractivity contribution in [1.29, 1.82) is 0 Å². The number of hydrogen-bond acceptors (Lipinski definition) is 4. The van der Waals surface area contributed by atoms with Crippen molar-refractivity contribution in [3.8, 4) is 0 Å². The minimum absolute atomic E-state index is 0.160. The molecule has 116 valence electrons. The minimum atomic E-state index is -1.02. The molecule has 0 bridgehead atoms. The molecule has 0 aromatic rings. The molecule has 1 rings (SSSR count). The van der Waals surface area contributed by atoms with E-state index >= 15 is 0 Å². The van der Waals surface area contributed by atoms with Crippen molar-refractivity contribution in [2.24, 2.45) is 5.41 Å². The number of nitrogens with one attached hydrogen (secondary N) is 1. The third kappa shape index (κ3) is 4.45. The van der Waals surface area contributed by atoms with E-state index in [4.69, 9.17) is 14.6 Å². The zero-order chi connectivity index (χ0) is 15.0. The summed E-state index contributed by atoms with van der Waals surface area (Å²) in [5, 5.41) is 11.8. The Morgan fingerprint density at radius 1 is 1.35 bits per heavy atom. The van der Waals surface area contributed by atoms with E-state index in [2.05, 4.69) is 5.32 Å². The monoisotopic (exact) mass is 287 g/mol. The molecule has 20 heavy (non-hydrogen) atoms. The van der Waals surface area contributed by atoms with Gasteiger partial charge in [0.2, 0.25) is 5.91 Å². The molecule has 0 saturated heterocycles. The number of amides is 1. The van der Waals surface area contributed by atoms with Gasteiger partial charge >= 0.3 is 5.97 Å². The SMILES string of the molecule is CCOCCC1(C(=O)NC(CCOC)C(=O)O)CCC1. The molecular formula is C14H25NO5. The average Bonchev–Trinajstić information content (AvgIpc) is 2.37. The van der Waals surface area contributed by atoms with E-state index in [0.29, 0.717) is 26.2 Å². The second-order valence-corrected chi connectivity index (χ2v) is 5.23. The second kappa shape index (κ2) is 8.21. The first-order valence-electron chi connectivity index (χ1n) is 7.16. The Balaban J connectivity index is 2.54. The predicted molar refractivity (Wildman–Crippen MR) is 73.5 cm³/mol. The lowest BCUT2D eigenvalue weighted by Crippen LogP contribution is -2.52. The minimum Gasteiger partial charge on any atom is -0.480 e. The van der Waals surface area contributed by atoms with Crippen LogP contribution in [0.15, 0.2) is 0 Å². The van der Waals surface area contributed by atoms with Gasteiger partial charge in [0.1, 0.15) is 6.04 Å². The standard InChI is InChI=1S/C14H25NO5/c1-3-20-10-8-14(6-4-7-14)13(18)15-11(12(16)17)5-9-19-2/h11H,3-10H2,1-2H3,(H,15,18)(H,16,17). The molecule has 1 fully saturated rings. The van der Waals surface area contributed by atoms with Crippen LogP contribution < -0.4 is 5.32 Å². The lowest BCUT2D eigenvalue weighted by molar-refractivity contribution is -0.147. The van der Waals surface area contributed by atoms with Crippen molar-refractivity contribution in [2.45, 2.75) is 45.1 Å². The Hall–Kier alpha value is -1.14. The van der Waals surface area contributed by atoms with Gasteiger partial charge < -0.3 is 19.9 Å². The zero-order valence-electron chi connectivity index (χ0n) is 12.3. The normalized spacial score (nSPS) is 18.1. The zero-order valence-corrected chi connectivity index (χ0v) is 12.3. The number of rotatable bonds is 10. The highest BCUT2D eigenvalue weighted by molar-refractivity contribution is 5.88. The number of carboxylic acids is 1. The third-order valence-electron chi connectivity index (χ3n) is 3.94. The van der Waals surface area contributed by atoms with Gasteiger partial charge in [-0.2, -0.15) is 0 Å². The first-order chi connectivity index (χ1) is 9.55. The second-order valence-electron chi connectivity index (χ2n) is 5.23. The number of carbonyl (C=O) groups is 2. The highest BCUT2D eigenvalue weighted by atomic mass is 16.5. The van der Waals surface area contributed by atoms with Gasteiger partial charge in [-0.3, -0.25) is 4.79 Å². The van der Waals surface area contributed by atoms with E-state index in [-0.39, 0.29) is 12.3 Å². The largest absolute Gasteiger partial charge is 0.480 e. The van der Waals surface area contributed by atoms with Crippen LogP contribution >= 0.6 is 0 Å². The summed E-state index contributed by atoms with van der Waals surface area (Å²) in [4.78, 5) is 23.5. The fourth-order valence-corrected chi connectivity index (χ4v) is 2.41. The van der Waals surface area contributed by atoms with E-state index in [1.54, 1.807) is 0 Å². The molecule has 1 aliphatic carbocycles. The molecule has 0 aromatic carbocycles. The number of ether oxygens (including phenoxy) is 2. The molecule has 1 atom stereocenters. The molecule has 0 spiro atoms. The van der Waals surface area contributed by atoms with Crippen LogP contribution in [0.1, 0.15) is 39.0 Å². The van der Waals surface area contributed by atoms with Crippen LogP contribution in [0, 0.1) is 5.41 Å². The van der Waals surface area contributed by atoms with E-state index in [1.807, 2.05) is 6.92 Å². The molecule has 2 N–H and O–H groups in total. The molecule has 1 unspecified atom stereocenters. The third-order valence-corrected chi connectivity index (χ3v) is 3.94. The quantitative estimate of drug-likeness (QED) is 0.590. The number of hydrogen-bond donors (Lipinski definition) is 2. The highest BCUT2D eigenvalue weighted by Crippen LogP contribution is 2.44. The lowest BCUT2D eigenvalue weighted by atomic mass is 9.66. The maximum Gasteiger partial charge on any atom is 0.326 e. The van der Waals surface area contributed by atoms with Gasteiger partial charge in [-0.25, -0.2) is 4.79 Å². The summed E-state index contributed by atoms with van der Waals surface area (Å²) in [7, 11) is 1.51. The summed E-state index contributed by atoms with van der Waals surface area (Å²) < 4.78 is 10.2. The maximum absolute atomic E-state index is 12.3. The van der Waals surface area contributed by atoms with Gasteiger partial charge in [0.15, 0.2) is 0 Å². The van der Waals surface area contributed by atoms with Crippen LogP contribution in [0.2, 0.25) is 0 Å². The molecule has 0 aliphatic heterocycles. The summed E-state index contributed by atoms with van der Waals surface area (Å²) in [5.41, 5.74) is -0.435. The van der Waals surface area contributed by atoms with Gasteiger partial charge in [0.05, 0.1) is 5.41 Å².